The molecule has 0 amide bonds. The molecule has 0 unspecified atom stereocenters. The molecule has 0 spiro atoms. The van der Waals surface area contributed by atoms with Crippen LogP contribution in [0.5, 0.6) is 0 Å². The van der Waals surface area contributed by atoms with Crippen molar-refractivity contribution in [3.63, 3.8) is 0 Å². The maximum atomic E-state index is 12.4. The van der Waals surface area contributed by atoms with Crippen molar-refractivity contribution >= 4 is 17.5 Å². The first-order chi connectivity index (χ1) is 11.1. The van der Waals surface area contributed by atoms with E-state index in [4.69, 9.17) is 16.0 Å². The van der Waals surface area contributed by atoms with Crippen LogP contribution in [0.4, 0.5) is 14.7 Å². The number of halogens is 3. The largest absolute Gasteiger partial charge is 0.415 e. The van der Waals surface area contributed by atoms with Gasteiger partial charge in [-0.05, 0) is 11.6 Å². The number of aromatic nitrogens is 4. The Morgan fingerprint density at radius 2 is 1.87 bits per heavy atom. The fourth-order valence-corrected chi connectivity index (χ4v) is 1.99. The summed E-state index contributed by atoms with van der Waals surface area (Å²) in [7, 11) is 0. The molecular formula is C14H10ClF2N5O. The van der Waals surface area contributed by atoms with E-state index in [1.807, 2.05) is 18.2 Å². The minimum Gasteiger partial charge on any atom is -0.415 e. The van der Waals surface area contributed by atoms with Crippen LogP contribution < -0.4 is 5.32 Å². The number of nitrogens with one attached hydrogen (secondary N) is 1. The van der Waals surface area contributed by atoms with E-state index in [-0.39, 0.29) is 5.89 Å². The van der Waals surface area contributed by atoms with Crippen molar-refractivity contribution < 1.29 is 13.2 Å². The summed E-state index contributed by atoms with van der Waals surface area (Å²) in [6.45, 7) is 0.453. The second-order valence-corrected chi connectivity index (χ2v) is 4.89. The molecule has 9 heteroatoms. The number of hydrogen-bond donors (Lipinski definition) is 1. The molecule has 0 atom stereocenters. The van der Waals surface area contributed by atoms with Crippen molar-refractivity contribution in [2.24, 2.45) is 0 Å². The quantitative estimate of drug-likeness (QED) is 0.764. The summed E-state index contributed by atoms with van der Waals surface area (Å²) in [6, 6.07) is 7.39. The molecular weight excluding hydrogens is 328 g/mol. The van der Waals surface area contributed by atoms with E-state index >= 15 is 0 Å². The molecule has 3 aromatic rings. The molecule has 23 heavy (non-hydrogen) atoms. The second-order valence-electron chi connectivity index (χ2n) is 4.49. The summed E-state index contributed by atoms with van der Waals surface area (Å²) < 4.78 is 29.6. The zero-order valence-corrected chi connectivity index (χ0v) is 12.3. The standard InChI is InChI=1S/C14H10ClF2N5O/c15-10-4-2-1-3-8(10)5-18-14-19-6-9(7-20-14)12-21-22-13(23-12)11(16)17/h1-4,6-7,11H,5H2,(H,18,19,20). The molecule has 1 N–H and O–H groups in total. The van der Waals surface area contributed by atoms with Crippen LogP contribution in [0.3, 0.4) is 0 Å². The van der Waals surface area contributed by atoms with Crippen molar-refractivity contribution in [3.8, 4) is 11.5 Å². The summed E-state index contributed by atoms with van der Waals surface area (Å²) in [5.74, 6) is -0.429. The number of alkyl halides is 2. The van der Waals surface area contributed by atoms with Gasteiger partial charge in [-0.15, -0.1) is 10.2 Å². The highest BCUT2D eigenvalue weighted by molar-refractivity contribution is 6.31. The second kappa shape index (κ2) is 6.66. The summed E-state index contributed by atoms with van der Waals surface area (Å²) in [5.41, 5.74) is 1.26. The third kappa shape index (κ3) is 3.59. The molecule has 0 saturated heterocycles. The Hall–Kier alpha value is -2.61. The highest BCUT2D eigenvalue weighted by atomic mass is 35.5. The van der Waals surface area contributed by atoms with E-state index in [0.29, 0.717) is 23.1 Å². The lowest BCUT2D eigenvalue weighted by atomic mass is 10.2. The number of anilines is 1. The highest BCUT2D eigenvalue weighted by Crippen LogP contribution is 2.22. The van der Waals surface area contributed by atoms with Crippen LogP contribution in [-0.2, 0) is 6.54 Å². The lowest BCUT2D eigenvalue weighted by molar-refractivity contribution is 0.116. The van der Waals surface area contributed by atoms with Gasteiger partial charge in [-0.25, -0.2) is 9.97 Å². The van der Waals surface area contributed by atoms with Crippen molar-refractivity contribution in [2.75, 3.05) is 5.32 Å². The summed E-state index contributed by atoms with van der Waals surface area (Å²) >= 11 is 6.05. The van der Waals surface area contributed by atoms with Crippen LogP contribution in [0.25, 0.3) is 11.5 Å². The van der Waals surface area contributed by atoms with E-state index in [9.17, 15) is 8.78 Å². The van der Waals surface area contributed by atoms with Crippen molar-refractivity contribution in [3.05, 3.63) is 53.1 Å². The minimum atomic E-state index is -2.81. The fourth-order valence-electron chi connectivity index (χ4n) is 1.79. The average molecular weight is 338 g/mol. The highest BCUT2D eigenvalue weighted by Gasteiger charge is 2.17. The smallest absolute Gasteiger partial charge is 0.314 e. The number of nitrogens with zero attached hydrogens (tertiary/aromatic N) is 4. The maximum absolute atomic E-state index is 12.4. The first kappa shape index (κ1) is 15.3. The van der Waals surface area contributed by atoms with Gasteiger partial charge in [-0.1, -0.05) is 29.8 Å². The zero-order valence-electron chi connectivity index (χ0n) is 11.6. The van der Waals surface area contributed by atoms with Gasteiger partial charge < -0.3 is 9.73 Å². The lowest BCUT2D eigenvalue weighted by Gasteiger charge is -2.06. The SMILES string of the molecule is FC(F)c1nnc(-c2cnc(NCc3ccccc3Cl)nc2)o1. The Bertz CT molecular complexity index is 794. The molecule has 1 aromatic carbocycles. The third-order valence-electron chi connectivity index (χ3n) is 2.92. The molecule has 0 radical (unpaired) electrons. The summed E-state index contributed by atoms with van der Waals surface area (Å²) in [5, 5.41) is 10.4. The normalized spacial score (nSPS) is 11.0. The van der Waals surface area contributed by atoms with Gasteiger partial charge >= 0.3 is 6.43 Å². The van der Waals surface area contributed by atoms with Gasteiger partial charge in [0.25, 0.3) is 11.8 Å². The Labute approximate surface area is 134 Å². The van der Waals surface area contributed by atoms with Crippen molar-refractivity contribution in [2.45, 2.75) is 13.0 Å². The summed E-state index contributed by atoms with van der Waals surface area (Å²) in [4.78, 5) is 8.15. The third-order valence-corrected chi connectivity index (χ3v) is 3.29. The molecule has 6 nitrogen and oxygen atoms in total. The van der Waals surface area contributed by atoms with Gasteiger partial charge in [-0.2, -0.15) is 8.78 Å². The molecule has 0 fully saturated rings. The number of hydrogen-bond acceptors (Lipinski definition) is 6. The molecule has 0 bridgehead atoms. The maximum Gasteiger partial charge on any atom is 0.314 e. The predicted molar refractivity (Wildman–Crippen MR) is 79.1 cm³/mol. The van der Waals surface area contributed by atoms with Crippen LogP contribution in [0.15, 0.2) is 41.1 Å². The van der Waals surface area contributed by atoms with E-state index in [1.54, 1.807) is 6.07 Å². The molecule has 0 aliphatic carbocycles. The van der Waals surface area contributed by atoms with E-state index < -0.39 is 12.3 Å². The van der Waals surface area contributed by atoms with Gasteiger partial charge in [0.05, 0.1) is 5.56 Å². The van der Waals surface area contributed by atoms with Crippen LogP contribution >= 0.6 is 11.6 Å². The van der Waals surface area contributed by atoms with Crippen LogP contribution in [0.1, 0.15) is 17.9 Å². The molecule has 0 aliphatic rings. The van der Waals surface area contributed by atoms with Crippen molar-refractivity contribution in [1.29, 1.82) is 0 Å². The van der Waals surface area contributed by atoms with Crippen LogP contribution in [-0.4, -0.2) is 20.2 Å². The van der Waals surface area contributed by atoms with Gasteiger partial charge in [0.15, 0.2) is 0 Å². The monoisotopic (exact) mass is 337 g/mol. The first-order valence-electron chi connectivity index (χ1n) is 6.54. The predicted octanol–water partition coefficient (Wildman–Crippen LogP) is 3.73. The lowest BCUT2D eigenvalue weighted by Crippen LogP contribution is -2.03. The van der Waals surface area contributed by atoms with E-state index in [0.717, 1.165) is 5.56 Å². The Balaban J connectivity index is 1.68. The first-order valence-corrected chi connectivity index (χ1v) is 6.92. The van der Waals surface area contributed by atoms with Crippen LogP contribution in [0, 0.1) is 0 Å². The van der Waals surface area contributed by atoms with E-state index in [2.05, 4.69) is 25.5 Å². The number of benzene rings is 1. The average Bonchev–Trinajstić information content (AvgIpc) is 3.05. The minimum absolute atomic E-state index is 0.0575. The van der Waals surface area contributed by atoms with Gasteiger partial charge in [-0.3, -0.25) is 0 Å². The van der Waals surface area contributed by atoms with Gasteiger partial charge in [0.2, 0.25) is 5.95 Å². The van der Waals surface area contributed by atoms with Gasteiger partial charge in [0.1, 0.15) is 0 Å². The van der Waals surface area contributed by atoms with Gasteiger partial charge in [0, 0.05) is 24.0 Å². The van der Waals surface area contributed by atoms with E-state index in [1.165, 1.54) is 12.4 Å². The fraction of sp³-hybridized carbons (Fsp3) is 0.143. The molecule has 0 saturated carbocycles. The molecule has 118 valence electrons. The Kier molecular flexibility index (Phi) is 4.42. The molecule has 3 rings (SSSR count). The Morgan fingerprint density at radius 1 is 1.13 bits per heavy atom. The molecule has 2 heterocycles. The van der Waals surface area contributed by atoms with Crippen LogP contribution in [0.2, 0.25) is 5.02 Å². The Morgan fingerprint density at radius 3 is 2.52 bits per heavy atom. The topological polar surface area (TPSA) is 76.7 Å². The molecule has 2 aromatic heterocycles. The number of rotatable bonds is 5. The zero-order chi connectivity index (χ0) is 16.2. The van der Waals surface area contributed by atoms with Crippen molar-refractivity contribution in [1.82, 2.24) is 20.2 Å². The molecule has 0 aliphatic heterocycles. The summed E-state index contributed by atoms with van der Waals surface area (Å²) in [6.07, 6.45) is 0.00351.